The van der Waals surface area contributed by atoms with Crippen LogP contribution in [0.4, 0.5) is 0 Å². The van der Waals surface area contributed by atoms with Crippen molar-refractivity contribution in [1.29, 1.82) is 0 Å². The minimum Gasteiger partial charge on any atom is -0.321 e. The molecule has 2 nitrogen and oxygen atoms in total. The van der Waals surface area contributed by atoms with Crippen molar-refractivity contribution in [2.75, 3.05) is 0 Å². The van der Waals surface area contributed by atoms with E-state index >= 15 is 0 Å². The van der Waals surface area contributed by atoms with E-state index in [1.165, 1.54) is 50.6 Å². The molecule has 0 fully saturated rings. The summed E-state index contributed by atoms with van der Waals surface area (Å²) in [5, 5.41) is 0. The molecule has 2 heteroatoms. The van der Waals surface area contributed by atoms with Gasteiger partial charge in [-0.1, -0.05) is 42.5 Å². The summed E-state index contributed by atoms with van der Waals surface area (Å²) in [5.74, 6) is 0. The Labute approximate surface area is 165 Å². The molecule has 2 aromatic carbocycles. The Kier molecular flexibility index (Phi) is 2.61. The number of aromatic nitrogens is 2. The molecule has 4 aromatic rings. The van der Waals surface area contributed by atoms with Gasteiger partial charge in [-0.15, -0.1) is 0 Å². The zero-order valence-corrected chi connectivity index (χ0v) is 16.1. The molecular formula is C26H22N2. The number of hydrogen-bond acceptors (Lipinski definition) is 0. The third kappa shape index (κ3) is 1.70. The molecule has 0 amide bonds. The second-order valence-corrected chi connectivity index (χ2v) is 8.80. The average molecular weight is 362 g/mol. The van der Waals surface area contributed by atoms with Crippen molar-refractivity contribution in [3.63, 3.8) is 0 Å². The van der Waals surface area contributed by atoms with Crippen LogP contribution in [0, 0.1) is 0 Å². The predicted octanol–water partition coefficient (Wildman–Crippen LogP) is 4.86. The van der Waals surface area contributed by atoms with Crippen LogP contribution in [0.2, 0.25) is 0 Å². The SMILES string of the molecule is C[C@@]12c3c4cccc3Cc3ccc(n31)Cc1ccc(n12)Cc1cccc(c1)C4. The van der Waals surface area contributed by atoms with E-state index in [4.69, 9.17) is 0 Å². The van der Waals surface area contributed by atoms with Crippen molar-refractivity contribution < 1.29 is 0 Å². The Balaban J connectivity index is 1.66. The van der Waals surface area contributed by atoms with Gasteiger partial charge >= 0.3 is 0 Å². The molecule has 0 saturated carbocycles. The molecule has 0 unspecified atom stereocenters. The Morgan fingerprint density at radius 3 is 1.86 bits per heavy atom. The first-order valence-electron chi connectivity index (χ1n) is 10.3. The van der Waals surface area contributed by atoms with Crippen LogP contribution >= 0.6 is 0 Å². The topological polar surface area (TPSA) is 9.86 Å². The summed E-state index contributed by atoms with van der Waals surface area (Å²) in [5.41, 5.74) is 12.9. The summed E-state index contributed by atoms with van der Waals surface area (Å²) < 4.78 is 5.30. The van der Waals surface area contributed by atoms with Crippen LogP contribution in [0.15, 0.2) is 66.7 Å². The first-order chi connectivity index (χ1) is 13.7. The molecule has 1 atom stereocenters. The van der Waals surface area contributed by atoms with Gasteiger partial charge in [0.2, 0.25) is 0 Å². The van der Waals surface area contributed by atoms with Crippen LogP contribution < -0.4 is 0 Å². The fourth-order valence-electron chi connectivity index (χ4n) is 6.26. The molecule has 0 spiro atoms. The van der Waals surface area contributed by atoms with Crippen molar-refractivity contribution in [2.45, 2.75) is 38.3 Å². The van der Waals surface area contributed by atoms with Crippen LogP contribution in [0.3, 0.4) is 0 Å². The lowest BCUT2D eigenvalue weighted by atomic mass is 9.81. The van der Waals surface area contributed by atoms with Crippen molar-refractivity contribution in [3.8, 4) is 0 Å². The van der Waals surface area contributed by atoms with Crippen LogP contribution in [-0.2, 0) is 31.3 Å². The molecule has 0 aliphatic carbocycles. The first-order valence-corrected chi connectivity index (χ1v) is 10.3. The smallest absolute Gasteiger partial charge is 0.144 e. The van der Waals surface area contributed by atoms with Crippen molar-refractivity contribution in [1.82, 2.24) is 9.13 Å². The molecule has 28 heavy (non-hydrogen) atoms. The van der Waals surface area contributed by atoms with E-state index in [2.05, 4.69) is 82.8 Å². The van der Waals surface area contributed by atoms with Gasteiger partial charge in [-0.05, 0) is 59.9 Å². The Morgan fingerprint density at radius 1 is 0.607 bits per heavy atom. The highest BCUT2D eigenvalue weighted by atomic mass is 15.3. The maximum atomic E-state index is 2.66. The van der Waals surface area contributed by atoms with Gasteiger partial charge in [0.15, 0.2) is 0 Å². The monoisotopic (exact) mass is 362 g/mol. The molecule has 3 aliphatic rings. The number of hydrogen-bond donors (Lipinski definition) is 0. The normalized spacial score (nSPS) is 20.6. The van der Waals surface area contributed by atoms with Crippen molar-refractivity contribution >= 4 is 0 Å². The van der Waals surface area contributed by atoms with E-state index in [-0.39, 0.29) is 5.66 Å². The molecule has 136 valence electrons. The van der Waals surface area contributed by atoms with Crippen LogP contribution in [0.5, 0.6) is 0 Å². The second kappa shape index (κ2) is 4.88. The predicted molar refractivity (Wildman–Crippen MR) is 111 cm³/mol. The van der Waals surface area contributed by atoms with Crippen LogP contribution in [0.25, 0.3) is 0 Å². The van der Waals surface area contributed by atoms with E-state index < -0.39 is 0 Å². The summed E-state index contributed by atoms with van der Waals surface area (Å²) in [7, 11) is 0. The summed E-state index contributed by atoms with van der Waals surface area (Å²) >= 11 is 0. The summed E-state index contributed by atoms with van der Waals surface area (Å²) in [4.78, 5) is 0. The quantitative estimate of drug-likeness (QED) is 0.372. The van der Waals surface area contributed by atoms with Gasteiger partial charge in [0.05, 0.1) is 0 Å². The fourth-order valence-corrected chi connectivity index (χ4v) is 6.26. The summed E-state index contributed by atoms with van der Waals surface area (Å²) in [6, 6.07) is 25.6. The van der Waals surface area contributed by atoms with Gasteiger partial charge in [-0.25, -0.2) is 0 Å². The van der Waals surface area contributed by atoms with Gasteiger partial charge in [0.1, 0.15) is 5.66 Å². The lowest BCUT2D eigenvalue weighted by Gasteiger charge is -2.47. The minimum atomic E-state index is -0.179. The summed E-state index contributed by atoms with van der Waals surface area (Å²) in [6.45, 7) is 2.45. The highest BCUT2D eigenvalue weighted by Gasteiger charge is 2.44. The molecule has 0 saturated heterocycles. The average Bonchev–Trinajstić information content (AvgIpc) is 3.28. The second-order valence-electron chi connectivity index (χ2n) is 8.80. The molecule has 5 heterocycles. The van der Waals surface area contributed by atoms with Gasteiger partial charge in [0, 0.05) is 47.6 Å². The van der Waals surface area contributed by atoms with Crippen LogP contribution in [0.1, 0.15) is 57.5 Å². The van der Waals surface area contributed by atoms with E-state index in [9.17, 15) is 0 Å². The Hall–Kier alpha value is -3.00. The van der Waals surface area contributed by atoms with Crippen molar-refractivity contribution in [2.24, 2.45) is 0 Å². The molecule has 3 aliphatic heterocycles. The van der Waals surface area contributed by atoms with Gasteiger partial charge in [-0.3, -0.25) is 0 Å². The molecule has 7 rings (SSSR count). The number of rotatable bonds is 0. The van der Waals surface area contributed by atoms with Gasteiger partial charge < -0.3 is 9.13 Å². The molecule has 2 bridgehead atoms. The number of benzene rings is 2. The van der Waals surface area contributed by atoms with E-state index in [1.807, 2.05) is 0 Å². The molecule has 0 N–H and O–H groups in total. The lowest BCUT2D eigenvalue weighted by molar-refractivity contribution is 0.269. The zero-order valence-electron chi connectivity index (χ0n) is 16.1. The molecule has 0 radical (unpaired) electrons. The highest BCUT2D eigenvalue weighted by molar-refractivity contribution is 5.53. The zero-order chi connectivity index (χ0) is 18.5. The maximum Gasteiger partial charge on any atom is 0.144 e. The van der Waals surface area contributed by atoms with E-state index in [0.717, 1.165) is 25.7 Å². The van der Waals surface area contributed by atoms with E-state index in [0.29, 0.717) is 0 Å². The third-order valence-electron chi connectivity index (χ3n) is 7.17. The minimum absolute atomic E-state index is 0.179. The van der Waals surface area contributed by atoms with Crippen LogP contribution in [-0.4, -0.2) is 9.13 Å². The Morgan fingerprint density at radius 2 is 1.14 bits per heavy atom. The first kappa shape index (κ1) is 15.0. The number of nitrogens with zero attached hydrogens (tertiary/aromatic N) is 2. The lowest BCUT2D eigenvalue weighted by Crippen LogP contribution is -2.49. The van der Waals surface area contributed by atoms with E-state index in [1.54, 1.807) is 0 Å². The fraction of sp³-hybridized carbons (Fsp3) is 0.231. The third-order valence-corrected chi connectivity index (χ3v) is 7.17. The largest absolute Gasteiger partial charge is 0.321 e. The van der Waals surface area contributed by atoms with Crippen molar-refractivity contribution in [3.05, 3.63) is 117 Å². The molecular weight excluding hydrogens is 340 g/mol. The summed E-state index contributed by atoms with van der Waals surface area (Å²) in [6.07, 6.45) is 4.05. The molecule has 2 aromatic heterocycles. The standard InChI is InChI=1S/C26H22N2/c1-26-25-19-6-3-7-20(25)15-22-9-11-24(28(22)26)16-23-10-8-21(27(23)26)14-18-5-2-4-17(12-18)13-19/h2-12H,13-16H2,1H3/t26-/m0/s1. The van der Waals surface area contributed by atoms with Gasteiger partial charge in [-0.2, -0.15) is 0 Å². The number of fused-ring (bicyclic) bond motifs is 2. The maximum absolute atomic E-state index is 2.66. The highest BCUT2D eigenvalue weighted by Crippen LogP contribution is 2.46. The van der Waals surface area contributed by atoms with Gasteiger partial charge in [0.25, 0.3) is 0 Å². The Bertz CT molecular complexity index is 1290.